The minimum Gasteiger partial charge on any atom is -0.338 e. The summed E-state index contributed by atoms with van der Waals surface area (Å²) in [6.45, 7) is 4.94. The first-order valence-electron chi connectivity index (χ1n) is 6.92. The van der Waals surface area contributed by atoms with Gasteiger partial charge in [-0.2, -0.15) is 9.90 Å². The third-order valence-electron chi connectivity index (χ3n) is 3.43. The molecule has 1 aromatic carbocycles. The van der Waals surface area contributed by atoms with E-state index in [-0.39, 0.29) is 12.5 Å². The molecule has 1 N–H and O–H groups in total. The van der Waals surface area contributed by atoms with Gasteiger partial charge in [-0.25, -0.2) is 0 Å². The highest BCUT2D eigenvalue weighted by Crippen LogP contribution is 2.19. The molecule has 3 aromatic rings. The molecule has 21 heavy (non-hydrogen) atoms. The molecule has 0 bridgehead atoms. The Morgan fingerprint density at radius 1 is 1.33 bits per heavy atom. The number of anilines is 1. The summed E-state index contributed by atoms with van der Waals surface area (Å²) in [5.74, 6) is 0.367. The van der Waals surface area contributed by atoms with Gasteiger partial charge in [-0.05, 0) is 31.5 Å². The maximum absolute atomic E-state index is 12.1. The lowest BCUT2D eigenvalue weighted by Gasteiger charge is -2.05. The Morgan fingerprint density at radius 2 is 2.19 bits per heavy atom. The molecule has 0 fully saturated rings. The summed E-state index contributed by atoms with van der Waals surface area (Å²) in [5, 5.41) is 12.1. The predicted octanol–water partition coefficient (Wildman–Crippen LogP) is 2.20. The molecule has 2 heterocycles. The summed E-state index contributed by atoms with van der Waals surface area (Å²) in [4.78, 5) is 13.6. The number of hydrogen-bond donors (Lipinski definition) is 1. The van der Waals surface area contributed by atoms with Crippen molar-refractivity contribution < 1.29 is 4.79 Å². The first-order valence-corrected chi connectivity index (χ1v) is 6.92. The molecule has 0 aliphatic carbocycles. The second-order valence-corrected chi connectivity index (χ2v) is 4.92. The zero-order valence-electron chi connectivity index (χ0n) is 12.1. The molecule has 0 saturated carbocycles. The SMILES string of the molecule is CCn1ncc(NC(=O)Cn2ccc3c(C)cccc32)n1. The van der Waals surface area contributed by atoms with Crippen molar-refractivity contribution in [2.24, 2.45) is 0 Å². The lowest BCUT2D eigenvalue weighted by molar-refractivity contribution is -0.116. The summed E-state index contributed by atoms with van der Waals surface area (Å²) >= 11 is 0. The molecule has 108 valence electrons. The lowest BCUT2D eigenvalue weighted by atomic mass is 10.1. The van der Waals surface area contributed by atoms with Gasteiger partial charge >= 0.3 is 0 Å². The molecular formula is C15H17N5O. The third kappa shape index (κ3) is 2.65. The highest BCUT2D eigenvalue weighted by molar-refractivity contribution is 5.91. The van der Waals surface area contributed by atoms with Crippen LogP contribution in [-0.2, 0) is 17.9 Å². The number of nitrogens with one attached hydrogen (secondary N) is 1. The van der Waals surface area contributed by atoms with Crippen LogP contribution in [0, 0.1) is 6.92 Å². The fraction of sp³-hybridized carbons (Fsp3) is 0.267. The topological polar surface area (TPSA) is 64.7 Å². The number of carbonyl (C=O) groups is 1. The van der Waals surface area contributed by atoms with E-state index in [1.54, 1.807) is 6.20 Å². The highest BCUT2D eigenvalue weighted by Gasteiger charge is 2.09. The van der Waals surface area contributed by atoms with Crippen molar-refractivity contribution in [3.8, 4) is 0 Å². The van der Waals surface area contributed by atoms with Crippen LogP contribution in [0.25, 0.3) is 10.9 Å². The summed E-state index contributed by atoms with van der Waals surface area (Å²) < 4.78 is 1.93. The van der Waals surface area contributed by atoms with Gasteiger partial charge in [-0.3, -0.25) is 4.79 Å². The number of nitrogens with zero attached hydrogens (tertiary/aromatic N) is 4. The van der Waals surface area contributed by atoms with Gasteiger partial charge in [0.05, 0.1) is 12.7 Å². The van der Waals surface area contributed by atoms with Crippen LogP contribution in [-0.4, -0.2) is 25.5 Å². The van der Waals surface area contributed by atoms with Crippen molar-refractivity contribution >= 4 is 22.6 Å². The Kier molecular flexibility index (Phi) is 3.43. The molecule has 6 nitrogen and oxygen atoms in total. The number of amides is 1. The van der Waals surface area contributed by atoms with E-state index in [0.29, 0.717) is 12.4 Å². The van der Waals surface area contributed by atoms with E-state index in [0.717, 1.165) is 5.52 Å². The fourth-order valence-corrected chi connectivity index (χ4v) is 2.36. The standard InChI is InChI=1S/C15H17N5O/c1-3-20-16-9-14(18-20)17-15(21)10-19-8-7-12-11(2)5-4-6-13(12)19/h4-9H,3,10H2,1-2H3,(H,17,18,21). The molecule has 0 aliphatic heterocycles. The van der Waals surface area contributed by atoms with Gasteiger partial charge in [0.15, 0.2) is 5.82 Å². The average molecular weight is 283 g/mol. The number of benzene rings is 1. The lowest BCUT2D eigenvalue weighted by Crippen LogP contribution is -2.18. The van der Waals surface area contributed by atoms with Crippen molar-refractivity contribution in [1.29, 1.82) is 0 Å². The Labute approximate surface area is 122 Å². The van der Waals surface area contributed by atoms with Crippen LogP contribution in [0.4, 0.5) is 5.82 Å². The summed E-state index contributed by atoms with van der Waals surface area (Å²) in [5.41, 5.74) is 2.26. The Hall–Kier alpha value is -2.63. The second kappa shape index (κ2) is 5.40. The number of carbonyl (C=O) groups excluding carboxylic acids is 1. The largest absolute Gasteiger partial charge is 0.338 e. The molecule has 6 heteroatoms. The Bertz CT molecular complexity index is 786. The Balaban J connectivity index is 1.75. The molecule has 0 aliphatic rings. The number of rotatable bonds is 4. The van der Waals surface area contributed by atoms with Crippen LogP contribution in [0.2, 0.25) is 0 Å². The van der Waals surface area contributed by atoms with Crippen LogP contribution in [0.5, 0.6) is 0 Å². The minimum absolute atomic E-state index is 0.114. The van der Waals surface area contributed by atoms with Gasteiger partial charge in [0.25, 0.3) is 0 Å². The van der Waals surface area contributed by atoms with Gasteiger partial charge in [-0.1, -0.05) is 12.1 Å². The van der Waals surface area contributed by atoms with E-state index >= 15 is 0 Å². The van der Waals surface area contributed by atoms with E-state index in [4.69, 9.17) is 0 Å². The number of hydrogen-bond acceptors (Lipinski definition) is 3. The molecule has 0 unspecified atom stereocenters. The van der Waals surface area contributed by atoms with Gasteiger partial charge in [-0.15, -0.1) is 5.10 Å². The Morgan fingerprint density at radius 3 is 2.95 bits per heavy atom. The van der Waals surface area contributed by atoms with Crippen LogP contribution in [0.3, 0.4) is 0 Å². The first-order chi connectivity index (χ1) is 10.2. The van der Waals surface area contributed by atoms with Crippen LogP contribution in [0.1, 0.15) is 12.5 Å². The maximum atomic E-state index is 12.1. The van der Waals surface area contributed by atoms with E-state index in [2.05, 4.69) is 28.5 Å². The van der Waals surface area contributed by atoms with E-state index in [1.807, 2.05) is 35.9 Å². The summed E-state index contributed by atoms with van der Waals surface area (Å²) in [6, 6.07) is 8.11. The quantitative estimate of drug-likeness (QED) is 0.798. The van der Waals surface area contributed by atoms with Crippen molar-refractivity contribution in [1.82, 2.24) is 19.6 Å². The van der Waals surface area contributed by atoms with Gasteiger partial charge in [0.1, 0.15) is 6.54 Å². The molecule has 0 spiro atoms. The van der Waals surface area contributed by atoms with Gasteiger partial charge < -0.3 is 9.88 Å². The number of aryl methyl sites for hydroxylation is 2. The summed E-state index contributed by atoms with van der Waals surface area (Å²) in [7, 11) is 0. The third-order valence-corrected chi connectivity index (χ3v) is 3.43. The summed E-state index contributed by atoms with van der Waals surface area (Å²) in [6.07, 6.45) is 3.49. The van der Waals surface area contributed by atoms with Crippen LogP contribution in [0.15, 0.2) is 36.7 Å². The minimum atomic E-state index is -0.114. The van der Waals surface area contributed by atoms with Crippen molar-refractivity contribution in [3.63, 3.8) is 0 Å². The number of aromatic nitrogens is 4. The zero-order chi connectivity index (χ0) is 14.8. The molecule has 2 aromatic heterocycles. The molecular weight excluding hydrogens is 266 g/mol. The highest BCUT2D eigenvalue weighted by atomic mass is 16.2. The normalized spacial score (nSPS) is 11.0. The van der Waals surface area contributed by atoms with Gasteiger partial charge in [0.2, 0.25) is 5.91 Å². The second-order valence-electron chi connectivity index (χ2n) is 4.92. The fourth-order valence-electron chi connectivity index (χ4n) is 2.36. The van der Waals surface area contributed by atoms with Gasteiger partial charge in [0, 0.05) is 17.1 Å². The monoisotopic (exact) mass is 283 g/mol. The molecule has 0 atom stereocenters. The smallest absolute Gasteiger partial charge is 0.245 e. The van der Waals surface area contributed by atoms with E-state index < -0.39 is 0 Å². The van der Waals surface area contributed by atoms with Crippen molar-refractivity contribution in [3.05, 3.63) is 42.2 Å². The van der Waals surface area contributed by atoms with E-state index in [1.165, 1.54) is 15.7 Å². The van der Waals surface area contributed by atoms with Crippen LogP contribution < -0.4 is 5.32 Å². The van der Waals surface area contributed by atoms with E-state index in [9.17, 15) is 4.79 Å². The average Bonchev–Trinajstić information content (AvgIpc) is 3.07. The maximum Gasteiger partial charge on any atom is 0.245 e. The molecule has 0 radical (unpaired) electrons. The van der Waals surface area contributed by atoms with Crippen molar-refractivity contribution in [2.75, 3.05) is 5.32 Å². The zero-order valence-corrected chi connectivity index (χ0v) is 12.1. The molecule has 3 rings (SSSR count). The number of fused-ring (bicyclic) bond motifs is 1. The predicted molar refractivity (Wildman–Crippen MR) is 81.0 cm³/mol. The van der Waals surface area contributed by atoms with Crippen molar-refractivity contribution in [2.45, 2.75) is 26.9 Å². The molecule has 0 saturated heterocycles. The molecule has 1 amide bonds. The van der Waals surface area contributed by atoms with Crippen LogP contribution >= 0.6 is 0 Å². The first kappa shape index (κ1) is 13.4.